The van der Waals surface area contributed by atoms with Crippen LogP contribution < -0.4 is 0 Å². The number of hydrogen-bond donors (Lipinski definition) is 0. The van der Waals surface area contributed by atoms with Gasteiger partial charge in [-0.3, -0.25) is 14.5 Å². The van der Waals surface area contributed by atoms with Gasteiger partial charge in [-0.15, -0.1) is 0 Å². The summed E-state index contributed by atoms with van der Waals surface area (Å²) in [6.45, 7) is 7.32. The maximum absolute atomic E-state index is 13.5. The van der Waals surface area contributed by atoms with Crippen LogP contribution in [0.15, 0.2) is 77.0 Å². The SMILES string of the molecule is CCN(Cc1ccccc1)C1=C(c2ccc(C)c(C)c2)C(=O)N(Cc2ccco2)C1=O. The van der Waals surface area contributed by atoms with E-state index in [-0.39, 0.29) is 18.4 Å². The van der Waals surface area contributed by atoms with Crippen LogP contribution in [0.4, 0.5) is 0 Å². The number of imide groups is 1. The lowest BCUT2D eigenvalue weighted by molar-refractivity contribution is -0.138. The summed E-state index contributed by atoms with van der Waals surface area (Å²) >= 11 is 0. The predicted octanol–water partition coefficient (Wildman–Crippen LogP) is 4.70. The standard InChI is InChI=1S/C26H26N2O3/c1-4-27(16-20-9-6-5-7-10-20)24-23(21-13-12-18(2)19(3)15-21)25(29)28(26(24)30)17-22-11-8-14-31-22/h5-15H,4,16-17H2,1-3H3. The second kappa shape index (κ2) is 8.64. The zero-order valence-corrected chi connectivity index (χ0v) is 18.1. The average Bonchev–Trinajstić information content (AvgIpc) is 3.37. The van der Waals surface area contributed by atoms with Gasteiger partial charge in [0.05, 0.1) is 18.4 Å². The molecule has 2 aromatic carbocycles. The molecule has 0 fully saturated rings. The lowest BCUT2D eigenvalue weighted by atomic mass is 9.99. The van der Waals surface area contributed by atoms with E-state index in [0.717, 1.165) is 22.3 Å². The fraction of sp³-hybridized carbons (Fsp3) is 0.231. The molecule has 5 nitrogen and oxygen atoms in total. The molecule has 0 spiro atoms. The van der Waals surface area contributed by atoms with Gasteiger partial charge in [0.25, 0.3) is 11.8 Å². The normalized spacial score (nSPS) is 14.0. The third-order valence-electron chi connectivity index (χ3n) is 5.75. The predicted molar refractivity (Wildman–Crippen MR) is 120 cm³/mol. The highest BCUT2D eigenvalue weighted by molar-refractivity contribution is 6.35. The van der Waals surface area contributed by atoms with Crippen LogP contribution in [-0.4, -0.2) is 28.2 Å². The molecule has 0 bridgehead atoms. The monoisotopic (exact) mass is 414 g/mol. The minimum Gasteiger partial charge on any atom is -0.467 e. The molecule has 0 saturated heterocycles. The van der Waals surface area contributed by atoms with Gasteiger partial charge in [-0.25, -0.2) is 0 Å². The van der Waals surface area contributed by atoms with Gasteiger partial charge in [0.2, 0.25) is 0 Å². The van der Waals surface area contributed by atoms with Crippen molar-refractivity contribution in [2.75, 3.05) is 6.54 Å². The van der Waals surface area contributed by atoms with Crippen molar-refractivity contribution in [2.24, 2.45) is 0 Å². The molecular formula is C26H26N2O3. The van der Waals surface area contributed by atoms with Crippen LogP contribution in [0, 0.1) is 13.8 Å². The van der Waals surface area contributed by atoms with Gasteiger partial charge >= 0.3 is 0 Å². The zero-order chi connectivity index (χ0) is 22.0. The largest absolute Gasteiger partial charge is 0.467 e. The number of nitrogens with zero attached hydrogens (tertiary/aromatic N) is 2. The fourth-order valence-electron chi connectivity index (χ4n) is 3.87. The van der Waals surface area contributed by atoms with Crippen LogP contribution in [0.25, 0.3) is 5.57 Å². The quantitative estimate of drug-likeness (QED) is 0.526. The van der Waals surface area contributed by atoms with Crippen LogP contribution in [0.5, 0.6) is 0 Å². The van der Waals surface area contributed by atoms with Gasteiger partial charge in [-0.05, 0) is 55.2 Å². The van der Waals surface area contributed by atoms with Gasteiger partial charge in [0, 0.05) is 13.1 Å². The zero-order valence-electron chi connectivity index (χ0n) is 18.1. The molecule has 5 heteroatoms. The van der Waals surface area contributed by atoms with Crippen molar-refractivity contribution >= 4 is 17.4 Å². The summed E-state index contributed by atoms with van der Waals surface area (Å²) in [6.07, 6.45) is 1.55. The minimum atomic E-state index is -0.286. The molecule has 158 valence electrons. The Hall–Kier alpha value is -3.60. The van der Waals surface area contributed by atoms with Crippen LogP contribution in [-0.2, 0) is 22.7 Å². The minimum absolute atomic E-state index is 0.116. The van der Waals surface area contributed by atoms with E-state index < -0.39 is 0 Å². The lowest BCUT2D eigenvalue weighted by Crippen LogP contribution is -2.34. The summed E-state index contributed by atoms with van der Waals surface area (Å²) in [5.41, 5.74) is 4.99. The van der Waals surface area contributed by atoms with Crippen molar-refractivity contribution in [3.63, 3.8) is 0 Å². The Kier molecular flexibility index (Phi) is 5.76. The van der Waals surface area contributed by atoms with Crippen LogP contribution in [0.1, 0.15) is 34.9 Å². The highest BCUT2D eigenvalue weighted by Crippen LogP contribution is 2.34. The first-order valence-corrected chi connectivity index (χ1v) is 10.5. The first-order chi connectivity index (χ1) is 15.0. The number of furan rings is 1. The van der Waals surface area contributed by atoms with E-state index in [2.05, 4.69) is 0 Å². The summed E-state index contributed by atoms with van der Waals surface area (Å²) in [4.78, 5) is 30.3. The Morgan fingerprint density at radius 2 is 1.68 bits per heavy atom. The molecule has 2 heterocycles. The number of carbonyl (C=O) groups is 2. The summed E-state index contributed by atoms with van der Waals surface area (Å²) in [5.74, 6) is 0.00654. The number of rotatable bonds is 7. The van der Waals surface area contributed by atoms with Crippen molar-refractivity contribution in [1.82, 2.24) is 9.80 Å². The Balaban J connectivity index is 1.79. The second-order valence-electron chi connectivity index (χ2n) is 7.80. The molecule has 0 unspecified atom stereocenters. The van der Waals surface area contributed by atoms with Crippen molar-refractivity contribution in [2.45, 2.75) is 33.9 Å². The number of hydrogen-bond acceptors (Lipinski definition) is 4. The first-order valence-electron chi connectivity index (χ1n) is 10.5. The van der Waals surface area contributed by atoms with Gasteiger partial charge < -0.3 is 9.32 Å². The smallest absolute Gasteiger partial charge is 0.278 e. The van der Waals surface area contributed by atoms with E-state index in [1.165, 1.54) is 4.90 Å². The molecule has 31 heavy (non-hydrogen) atoms. The summed E-state index contributed by atoms with van der Waals surface area (Å²) < 4.78 is 5.41. The lowest BCUT2D eigenvalue weighted by Gasteiger charge is -2.25. The van der Waals surface area contributed by atoms with Gasteiger partial charge in [-0.2, -0.15) is 0 Å². The van der Waals surface area contributed by atoms with Gasteiger partial charge in [0.15, 0.2) is 0 Å². The number of likely N-dealkylation sites (N-methyl/N-ethyl adjacent to an activating group) is 1. The van der Waals surface area contributed by atoms with E-state index in [4.69, 9.17) is 4.42 Å². The van der Waals surface area contributed by atoms with Crippen LogP contribution in [0.3, 0.4) is 0 Å². The summed E-state index contributed by atoms with van der Waals surface area (Å²) in [6, 6.07) is 19.4. The van der Waals surface area contributed by atoms with E-state index in [9.17, 15) is 9.59 Å². The molecule has 0 saturated carbocycles. The van der Waals surface area contributed by atoms with E-state index in [0.29, 0.717) is 30.1 Å². The molecular weight excluding hydrogens is 388 g/mol. The van der Waals surface area contributed by atoms with Gasteiger partial charge in [0.1, 0.15) is 11.5 Å². The van der Waals surface area contributed by atoms with E-state index >= 15 is 0 Å². The number of aryl methyl sites for hydroxylation is 2. The maximum atomic E-state index is 13.5. The highest BCUT2D eigenvalue weighted by Gasteiger charge is 2.41. The third kappa shape index (κ3) is 4.04. The Labute approximate surface area is 182 Å². The molecule has 1 aliphatic heterocycles. The van der Waals surface area contributed by atoms with Crippen molar-refractivity contribution in [3.05, 3.63) is 101 Å². The van der Waals surface area contributed by atoms with Crippen molar-refractivity contribution in [1.29, 1.82) is 0 Å². The molecule has 3 aromatic rings. The summed E-state index contributed by atoms with van der Waals surface area (Å²) in [7, 11) is 0. The van der Waals surface area contributed by atoms with Crippen molar-refractivity contribution < 1.29 is 14.0 Å². The third-order valence-corrected chi connectivity index (χ3v) is 5.75. The summed E-state index contributed by atoms with van der Waals surface area (Å²) in [5, 5.41) is 0. The molecule has 0 atom stereocenters. The van der Waals surface area contributed by atoms with Crippen molar-refractivity contribution in [3.8, 4) is 0 Å². The van der Waals surface area contributed by atoms with E-state index in [1.54, 1.807) is 18.4 Å². The van der Waals surface area contributed by atoms with Crippen LogP contribution >= 0.6 is 0 Å². The molecule has 0 aliphatic carbocycles. The topological polar surface area (TPSA) is 53.8 Å². The molecule has 0 radical (unpaired) electrons. The van der Waals surface area contributed by atoms with Crippen LogP contribution in [0.2, 0.25) is 0 Å². The Bertz CT molecular complexity index is 1130. The van der Waals surface area contributed by atoms with Gasteiger partial charge in [-0.1, -0.05) is 48.5 Å². The first kappa shape index (κ1) is 20.7. The Morgan fingerprint density at radius 3 is 2.32 bits per heavy atom. The second-order valence-corrected chi connectivity index (χ2v) is 7.80. The van der Waals surface area contributed by atoms with E-state index in [1.807, 2.05) is 74.2 Å². The molecule has 2 amide bonds. The average molecular weight is 415 g/mol. The Morgan fingerprint density at radius 1 is 0.903 bits per heavy atom. The molecule has 0 N–H and O–H groups in total. The highest BCUT2D eigenvalue weighted by atomic mass is 16.3. The number of amides is 2. The molecule has 1 aliphatic rings. The maximum Gasteiger partial charge on any atom is 0.278 e. The fourth-order valence-corrected chi connectivity index (χ4v) is 3.87. The number of benzene rings is 2. The number of carbonyl (C=O) groups excluding carboxylic acids is 2. The molecule has 1 aromatic heterocycles. The molecule has 4 rings (SSSR count).